The predicted octanol–water partition coefficient (Wildman–Crippen LogP) is 2.42. The summed E-state index contributed by atoms with van der Waals surface area (Å²) in [5, 5.41) is 20.5. The maximum atomic E-state index is 11.9. The number of carbonyl (C=O) groups is 1. The maximum absolute atomic E-state index is 11.9. The highest BCUT2D eigenvalue weighted by atomic mass is 16.3. The summed E-state index contributed by atoms with van der Waals surface area (Å²) in [5.41, 5.74) is 5.05. The Morgan fingerprint density at radius 3 is 2.54 bits per heavy atom. The minimum absolute atomic E-state index is 0.0209. The SMILES string of the molecule is Cc1ccc(-n2c(C)cc(/C=C(/C#N)C(=O)NCCO)c2C)cc1. The molecule has 1 aromatic carbocycles. The van der Waals surface area contributed by atoms with Crippen molar-refractivity contribution < 1.29 is 9.90 Å². The van der Waals surface area contributed by atoms with E-state index in [0.29, 0.717) is 0 Å². The van der Waals surface area contributed by atoms with Crippen LogP contribution in [0.4, 0.5) is 0 Å². The van der Waals surface area contributed by atoms with E-state index >= 15 is 0 Å². The van der Waals surface area contributed by atoms with E-state index < -0.39 is 5.91 Å². The van der Waals surface area contributed by atoms with Crippen LogP contribution in [0.1, 0.15) is 22.5 Å². The molecule has 0 bridgehead atoms. The molecule has 5 heteroatoms. The van der Waals surface area contributed by atoms with E-state index in [4.69, 9.17) is 5.11 Å². The normalized spacial score (nSPS) is 11.2. The van der Waals surface area contributed by atoms with Gasteiger partial charge in [-0.25, -0.2) is 0 Å². The molecule has 2 N–H and O–H groups in total. The molecule has 0 atom stereocenters. The van der Waals surface area contributed by atoms with Gasteiger partial charge in [0.1, 0.15) is 11.6 Å². The number of aliphatic hydroxyl groups excluding tert-OH is 1. The van der Waals surface area contributed by atoms with E-state index in [2.05, 4.69) is 9.88 Å². The lowest BCUT2D eigenvalue weighted by Gasteiger charge is -2.10. The first-order valence-electron chi connectivity index (χ1n) is 7.74. The molecular formula is C19H21N3O2. The van der Waals surface area contributed by atoms with Gasteiger partial charge in [-0.1, -0.05) is 17.7 Å². The van der Waals surface area contributed by atoms with Crippen LogP contribution in [0, 0.1) is 32.1 Å². The molecule has 0 saturated carbocycles. The lowest BCUT2D eigenvalue weighted by Crippen LogP contribution is -2.27. The summed E-state index contributed by atoms with van der Waals surface area (Å²) in [6, 6.07) is 12.1. The highest BCUT2D eigenvalue weighted by Gasteiger charge is 2.13. The lowest BCUT2D eigenvalue weighted by molar-refractivity contribution is -0.117. The fourth-order valence-corrected chi connectivity index (χ4v) is 2.59. The number of aromatic nitrogens is 1. The number of aliphatic hydroxyl groups is 1. The number of nitrogens with zero attached hydrogens (tertiary/aromatic N) is 2. The summed E-state index contributed by atoms with van der Waals surface area (Å²) >= 11 is 0. The molecule has 0 aliphatic heterocycles. The van der Waals surface area contributed by atoms with E-state index in [1.54, 1.807) is 6.08 Å². The maximum Gasteiger partial charge on any atom is 0.262 e. The molecule has 1 heterocycles. The highest BCUT2D eigenvalue weighted by Crippen LogP contribution is 2.23. The van der Waals surface area contributed by atoms with Crippen LogP contribution >= 0.6 is 0 Å². The van der Waals surface area contributed by atoms with Crippen molar-refractivity contribution >= 4 is 12.0 Å². The second-order valence-electron chi connectivity index (χ2n) is 5.65. The molecule has 2 rings (SSSR count). The summed E-state index contributed by atoms with van der Waals surface area (Å²) in [6.07, 6.45) is 1.58. The third-order valence-corrected chi connectivity index (χ3v) is 3.82. The van der Waals surface area contributed by atoms with Crippen LogP contribution < -0.4 is 5.32 Å². The molecule has 1 aromatic heterocycles. The first-order valence-corrected chi connectivity index (χ1v) is 7.74. The quantitative estimate of drug-likeness (QED) is 0.655. The summed E-state index contributed by atoms with van der Waals surface area (Å²) in [4.78, 5) is 11.9. The minimum atomic E-state index is -0.480. The fourth-order valence-electron chi connectivity index (χ4n) is 2.59. The Bertz CT molecular complexity index is 808. The van der Waals surface area contributed by atoms with Crippen LogP contribution in [-0.2, 0) is 4.79 Å². The summed E-state index contributed by atoms with van der Waals surface area (Å²) in [7, 11) is 0. The molecule has 124 valence electrons. The zero-order chi connectivity index (χ0) is 17.7. The molecule has 24 heavy (non-hydrogen) atoms. The molecule has 0 radical (unpaired) electrons. The Kier molecular flexibility index (Phi) is 5.56. The zero-order valence-corrected chi connectivity index (χ0v) is 14.1. The van der Waals surface area contributed by atoms with Crippen molar-refractivity contribution in [3.8, 4) is 11.8 Å². The molecule has 0 aliphatic carbocycles. The number of rotatable bonds is 5. The molecule has 0 spiro atoms. The van der Waals surface area contributed by atoms with Gasteiger partial charge in [0.25, 0.3) is 5.91 Å². The van der Waals surface area contributed by atoms with Crippen LogP contribution in [-0.4, -0.2) is 28.7 Å². The van der Waals surface area contributed by atoms with Gasteiger partial charge in [-0.05, 0) is 50.6 Å². The summed E-state index contributed by atoms with van der Waals surface area (Å²) in [6.45, 7) is 5.95. The number of nitriles is 1. The van der Waals surface area contributed by atoms with Crippen molar-refractivity contribution in [1.82, 2.24) is 9.88 Å². The van der Waals surface area contributed by atoms with Gasteiger partial charge in [-0.15, -0.1) is 0 Å². The summed E-state index contributed by atoms with van der Waals surface area (Å²) in [5.74, 6) is -0.480. The minimum Gasteiger partial charge on any atom is -0.395 e. The van der Waals surface area contributed by atoms with E-state index in [1.165, 1.54) is 5.56 Å². The second-order valence-corrected chi connectivity index (χ2v) is 5.65. The fraction of sp³-hybridized carbons (Fsp3) is 0.263. The number of nitrogens with one attached hydrogen (secondary N) is 1. The van der Waals surface area contributed by atoms with Crippen LogP contribution in [0.2, 0.25) is 0 Å². The molecule has 5 nitrogen and oxygen atoms in total. The number of amides is 1. The van der Waals surface area contributed by atoms with Gasteiger partial charge in [-0.3, -0.25) is 4.79 Å². The van der Waals surface area contributed by atoms with Crippen LogP contribution in [0.3, 0.4) is 0 Å². The van der Waals surface area contributed by atoms with Gasteiger partial charge in [0.2, 0.25) is 0 Å². The number of carbonyl (C=O) groups excluding carboxylic acids is 1. The number of hydrogen-bond donors (Lipinski definition) is 2. The van der Waals surface area contributed by atoms with Crippen LogP contribution in [0.5, 0.6) is 0 Å². The topological polar surface area (TPSA) is 78.0 Å². The average Bonchev–Trinajstić information content (AvgIpc) is 2.85. The Morgan fingerprint density at radius 2 is 1.96 bits per heavy atom. The molecule has 0 saturated heterocycles. The molecule has 1 amide bonds. The molecule has 0 unspecified atom stereocenters. The van der Waals surface area contributed by atoms with Crippen molar-refractivity contribution in [1.29, 1.82) is 5.26 Å². The Labute approximate surface area is 141 Å². The van der Waals surface area contributed by atoms with Crippen molar-refractivity contribution in [3.05, 3.63) is 58.4 Å². The lowest BCUT2D eigenvalue weighted by atomic mass is 10.1. The molecule has 2 aromatic rings. The van der Waals surface area contributed by atoms with Crippen LogP contribution in [0.15, 0.2) is 35.9 Å². The number of benzene rings is 1. The van der Waals surface area contributed by atoms with Crippen molar-refractivity contribution in [2.45, 2.75) is 20.8 Å². The largest absolute Gasteiger partial charge is 0.395 e. The Morgan fingerprint density at radius 1 is 1.29 bits per heavy atom. The van der Waals surface area contributed by atoms with Crippen molar-refractivity contribution in [2.75, 3.05) is 13.2 Å². The van der Waals surface area contributed by atoms with Gasteiger partial charge < -0.3 is 15.0 Å². The number of aryl methyl sites for hydroxylation is 2. The highest BCUT2D eigenvalue weighted by molar-refractivity contribution is 6.01. The first-order chi connectivity index (χ1) is 11.5. The number of hydrogen-bond acceptors (Lipinski definition) is 3. The first kappa shape index (κ1) is 17.5. The van der Waals surface area contributed by atoms with Gasteiger partial charge in [0.15, 0.2) is 0 Å². The molecule has 0 fully saturated rings. The Hall–Kier alpha value is -2.84. The van der Waals surface area contributed by atoms with Crippen molar-refractivity contribution in [3.63, 3.8) is 0 Å². The third-order valence-electron chi connectivity index (χ3n) is 3.82. The van der Waals surface area contributed by atoms with Gasteiger partial charge in [0.05, 0.1) is 6.61 Å². The van der Waals surface area contributed by atoms with E-state index in [1.807, 2.05) is 57.2 Å². The van der Waals surface area contributed by atoms with Gasteiger partial charge in [-0.2, -0.15) is 5.26 Å². The predicted molar refractivity (Wildman–Crippen MR) is 93.7 cm³/mol. The average molecular weight is 323 g/mol. The Balaban J connectivity index is 2.41. The molecular weight excluding hydrogens is 302 g/mol. The van der Waals surface area contributed by atoms with Gasteiger partial charge >= 0.3 is 0 Å². The monoisotopic (exact) mass is 323 g/mol. The van der Waals surface area contributed by atoms with E-state index in [9.17, 15) is 10.1 Å². The summed E-state index contributed by atoms with van der Waals surface area (Å²) < 4.78 is 2.09. The zero-order valence-electron chi connectivity index (χ0n) is 14.1. The van der Waals surface area contributed by atoms with Crippen molar-refractivity contribution in [2.24, 2.45) is 0 Å². The standard InChI is InChI=1S/C19H21N3O2/c1-13-4-6-18(7-5-13)22-14(2)10-16(15(22)3)11-17(12-20)19(24)21-8-9-23/h4-7,10-11,23H,8-9H2,1-3H3,(H,21,24)/b17-11-. The smallest absolute Gasteiger partial charge is 0.262 e. The van der Waals surface area contributed by atoms with Gasteiger partial charge in [0, 0.05) is 23.6 Å². The molecule has 0 aliphatic rings. The second kappa shape index (κ2) is 7.62. The van der Waals surface area contributed by atoms with Crippen LogP contribution in [0.25, 0.3) is 11.8 Å². The van der Waals surface area contributed by atoms with E-state index in [0.717, 1.165) is 22.6 Å². The third kappa shape index (κ3) is 3.73. The van der Waals surface area contributed by atoms with E-state index in [-0.39, 0.29) is 18.7 Å².